The van der Waals surface area contributed by atoms with Gasteiger partial charge in [-0.3, -0.25) is 4.79 Å². The van der Waals surface area contributed by atoms with Crippen molar-refractivity contribution in [3.63, 3.8) is 0 Å². The maximum absolute atomic E-state index is 11.9. The van der Waals surface area contributed by atoms with E-state index in [9.17, 15) is 4.79 Å². The molecular formula is C16H21NO2. The lowest BCUT2D eigenvalue weighted by Gasteiger charge is -2.10. The molecule has 1 unspecified atom stereocenters. The van der Waals surface area contributed by atoms with Crippen LogP contribution in [-0.4, -0.2) is 24.2 Å². The van der Waals surface area contributed by atoms with E-state index < -0.39 is 0 Å². The molecule has 102 valence electrons. The molecule has 0 fully saturated rings. The van der Waals surface area contributed by atoms with E-state index in [1.165, 1.54) is 0 Å². The monoisotopic (exact) mass is 259 g/mol. The van der Waals surface area contributed by atoms with Gasteiger partial charge in [-0.2, -0.15) is 0 Å². The lowest BCUT2D eigenvalue weighted by atomic mass is 10.1. The van der Waals surface area contributed by atoms with Crippen LogP contribution in [0.3, 0.4) is 0 Å². The number of nitrogens with one attached hydrogen (secondary N) is 1. The molecule has 1 atom stereocenters. The summed E-state index contributed by atoms with van der Waals surface area (Å²) in [6.45, 7) is 4.96. The highest BCUT2D eigenvalue weighted by Gasteiger charge is 2.06. The third-order valence-corrected chi connectivity index (χ3v) is 2.90. The van der Waals surface area contributed by atoms with Gasteiger partial charge in [0.2, 0.25) is 0 Å². The van der Waals surface area contributed by atoms with Crippen molar-refractivity contribution in [2.24, 2.45) is 5.92 Å². The Balaban J connectivity index is 2.66. The third-order valence-electron chi connectivity index (χ3n) is 2.90. The summed E-state index contributed by atoms with van der Waals surface area (Å²) >= 11 is 0. The van der Waals surface area contributed by atoms with Gasteiger partial charge in [-0.25, -0.2) is 0 Å². The van der Waals surface area contributed by atoms with Crippen molar-refractivity contribution in [2.75, 3.05) is 13.2 Å². The fourth-order valence-corrected chi connectivity index (χ4v) is 1.47. The fourth-order valence-electron chi connectivity index (χ4n) is 1.47. The Labute approximate surface area is 115 Å². The SMILES string of the molecule is CCC(C)CNC(=O)c1cccc(C#CCCO)c1. The van der Waals surface area contributed by atoms with Crippen LogP contribution >= 0.6 is 0 Å². The van der Waals surface area contributed by atoms with E-state index >= 15 is 0 Å². The maximum Gasteiger partial charge on any atom is 0.251 e. The number of hydrogen-bond acceptors (Lipinski definition) is 2. The van der Waals surface area contributed by atoms with Gasteiger partial charge in [0.25, 0.3) is 5.91 Å². The molecule has 0 heterocycles. The second kappa shape index (κ2) is 8.34. The van der Waals surface area contributed by atoms with Gasteiger partial charge in [-0.15, -0.1) is 0 Å². The molecule has 1 amide bonds. The van der Waals surface area contributed by atoms with Crippen molar-refractivity contribution in [3.8, 4) is 11.8 Å². The molecule has 0 aliphatic heterocycles. The zero-order valence-electron chi connectivity index (χ0n) is 11.6. The summed E-state index contributed by atoms with van der Waals surface area (Å²) in [5.74, 6) is 6.19. The highest BCUT2D eigenvalue weighted by atomic mass is 16.2. The molecule has 0 bridgehead atoms. The molecule has 1 aromatic carbocycles. The Kier molecular flexibility index (Phi) is 6.70. The first-order valence-electron chi connectivity index (χ1n) is 6.65. The number of rotatable bonds is 5. The number of aliphatic hydroxyl groups excluding tert-OH is 1. The first kappa shape index (κ1) is 15.3. The smallest absolute Gasteiger partial charge is 0.251 e. The first-order valence-corrected chi connectivity index (χ1v) is 6.65. The van der Waals surface area contributed by atoms with Gasteiger partial charge >= 0.3 is 0 Å². The van der Waals surface area contributed by atoms with Crippen molar-refractivity contribution in [1.82, 2.24) is 5.32 Å². The van der Waals surface area contributed by atoms with Gasteiger partial charge in [0.1, 0.15) is 0 Å². The van der Waals surface area contributed by atoms with Gasteiger partial charge in [0.15, 0.2) is 0 Å². The number of amides is 1. The number of benzene rings is 1. The van der Waals surface area contributed by atoms with Gasteiger partial charge in [-0.05, 0) is 24.1 Å². The summed E-state index contributed by atoms with van der Waals surface area (Å²) in [5.41, 5.74) is 1.42. The normalized spacial score (nSPS) is 11.3. The minimum Gasteiger partial charge on any atom is -0.395 e. The average molecular weight is 259 g/mol. The van der Waals surface area contributed by atoms with Gasteiger partial charge < -0.3 is 10.4 Å². The van der Waals surface area contributed by atoms with E-state index in [1.54, 1.807) is 12.1 Å². The highest BCUT2D eigenvalue weighted by molar-refractivity contribution is 5.94. The van der Waals surface area contributed by atoms with E-state index in [0.717, 1.165) is 12.0 Å². The Bertz CT molecular complexity index is 471. The third kappa shape index (κ3) is 5.58. The molecule has 0 saturated carbocycles. The number of hydrogen-bond donors (Lipinski definition) is 2. The van der Waals surface area contributed by atoms with E-state index in [2.05, 4.69) is 31.0 Å². The molecule has 0 saturated heterocycles. The molecule has 0 aromatic heterocycles. The molecule has 0 spiro atoms. The topological polar surface area (TPSA) is 49.3 Å². The summed E-state index contributed by atoms with van der Waals surface area (Å²) in [4.78, 5) is 11.9. The Morgan fingerprint density at radius 3 is 2.95 bits per heavy atom. The van der Waals surface area contributed by atoms with E-state index in [4.69, 9.17) is 5.11 Å². The van der Waals surface area contributed by atoms with Crippen molar-refractivity contribution >= 4 is 5.91 Å². The summed E-state index contributed by atoms with van der Waals surface area (Å²) in [6.07, 6.45) is 1.50. The first-order chi connectivity index (χ1) is 9.17. The van der Waals surface area contributed by atoms with Gasteiger partial charge in [0, 0.05) is 24.1 Å². The van der Waals surface area contributed by atoms with Crippen molar-refractivity contribution in [3.05, 3.63) is 35.4 Å². The summed E-state index contributed by atoms with van der Waals surface area (Å²) in [6, 6.07) is 7.23. The van der Waals surface area contributed by atoms with Crippen LogP contribution < -0.4 is 5.32 Å². The standard InChI is InChI=1S/C16H21NO2/c1-3-13(2)12-17-16(19)15-9-6-8-14(11-15)7-4-5-10-18/h6,8-9,11,13,18H,3,5,10,12H2,1-2H3,(H,17,19). The zero-order valence-corrected chi connectivity index (χ0v) is 11.6. The fraction of sp³-hybridized carbons (Fsp3) is 0.438. The van der Waals surface area contributed by atoms with Crippen LogP contribution in [0, 0.1) is 17.8 Å². The summed E-state index contributed by atoms with van der Waals surface area (Å²) in [7, 11) is 0. The molecule has 19 heavy (non-hydrogen) atoms. The van der Waals surface area contributed by atoms with Crippen LogP contribution in [0.4, 0.5) is 0 Å². The van der Waals surface area contributed by atoms with Gasteiger partial charge in [-0.1, -0.05) is 38.2 Å². The van der Waals surface area contributed by atoms with E-state index in [0.29, 0.717) is 24.4 Å². The molecule has 3 nitrogen and oxygen atoms in total. The molecule has 2 N–H and O–H groups in total. The van der Waals surface area contributed by atoms with Crippen LogP contribution in [-0.2, 0) is 0 Å². The lowest BCUT2D eigenvalue weighted by molar-refractivity contribution is 0.0948. The quantitative estimate of drug-likeness (QED) is 0.796. The largest absolute Gasteiger partial charge is 0.395 e. The van der Waals surface area contributed by atoms with Crippen LogP contribution in [0.15, 0.2) is 24.3 Å². The van der Waals surface area contributed by atoms with E-state index in [1.807, 2.05) is 12.1 Å². The molecular weight excluding hydrogens is 238 g/mol. The second-order valence-electron chi connectivity index (χ2n) is 4.58. The molecule has 0 radical (unpaired) electrons. The van der Waals surface area contributed by atoms with Crippen LogP contribution in [0.1, 0.15) is 42.6 Å². The predicted molar refractivity (Wildman–Crippen MR) is 76.8 cm³/mol. The lowest BCUT2D eigenvalue weighted by Crippen LogP contribution is -2.28. The molecule has 1 aromatic rings. The van der Waals surface area contributed by atoms with E-state index in [-0.39, 0.29) is 12.5 Å². The highest BCUT2D eigenvalue weighted by Crippen LogP contribution is 2.05. The van der Waals surface area contributed by atoms with Gasteiger partial charge in [0.05, 0.1) is 6.61 Å². The Hall–Kier alpha value is -1.79. The molecule has 0 aliphatic rings. The molecule has 3 heteroatoms. The van der Waals surface area contributed by atoms with Crippen LogP contribution in [0.2, 0.25) is 0 Å². The second-order valence-corrected chi connectivity index (χ2v) is 4.58. The van der Waals surface area contributed by atoms with Crippen molar-refractivity contribution < 1.29 is 9.90 Å². The van der Waals surface area contributed by atoms with Crippen LogP contribution in [0.5, 0.6) is 0 Å². The number of aliphatic hydroxyl groups is 1. The Morgan fingerprint density at radius 2 is 2.26 bits per heavy atom. The van der Waals surface area contributed by atoms with Crippen molar-refractivity contribution in [2.45, 2.75) is 26.7 Å². The molecule has 0 aliphatic carbocycles. The minimum atomic E-state index is -0.0638. The Morgan fingerprint density at radius 1 is 1.47 bits per heavy atom. The average Bonchev–Trinajstić information content (AvgIpc) is 2.45. The maximum atomic E-state index is 11.9. The minimum absolute atomic E-state index is 0.0576. The molecule has 1 rings (SSSR count). The predicted octanol–water partition coefficient (Wildman–Crippen LogP) is 2.20. The van der Waals surface area contributed by atoms with Crippen molar-refractivity contribution in [1.29, 1.82) is 0 Å². The summed E-state index contributed by atoms with van der Waals surface area (Å²) < 4.78 is 0. The zero-order chi connectivity index (χ0) is 14.1. The number of carbonyl (C=O) groups excluding carboxylic acids is 1. The summed E-state index contributed by atoms with van der Waals surface area (Å²) in [5, 5.41) is 11.6. The van der Waals surface area contributed by atoms with Crippen LogP contribution in [0.25, 0.3) is 0 Å². The number of carbonyl (C=O) groups is 1.